The molecule has 0 unspecified atom stereocenters. The summed E-state index contributed by atoms with van der Waals surface area (Å²) in [7, 11) is 2.06. The Hall–Kier alpha value is -0.390. The predicted octanol–water partition coefficient (Wildman–Crippen LogP) is 4.61. The van der Waals surface area contributed by atoms with Crippen molar-refractivity contribution in [3.05, 3.63) is 43.1 Å². The average molecular weight is 376 g/mol. The van der Waals surface area contributed by atoms with Crippen molar-refractivity contribution in [2.45, 2.75) is 13.5 Å². The lowest BCUT2D eigenvalue weighted by Gasteiger charge is -2.18. The first-order valence-corrected chi connectivity index (χ1v) is 7.59. The molecule has 5 heteroatoms. The number of hydrogen-bond donors (Lipinski definition) is 0. The van der Waals surface area contributed by atoms with Crippen molar-refractivity contribution in [3.63, 3.8) is 0 Å². The number of anilines is 1. The van der Waals surface area contributed by atoms with Gasteiger partial charge in [0.1, 0.15) is 5.82 Å². The summed E-state index contributed by atoms with van der Waals surface area (Å²) >= 11 is 8.65. The molecular weight excluding hydrogens is 364 g/mol. The highest BCUT2D eigenvalue weighted by Gasteiger charge is 2.06. The first-order chi connectivity index (χ1) is 8.06. The lowest BCUT2D eigenvalue weighted by Crippen LogP contribution is -2.17. The van der Waals surface area contributed by atoms with Gasteiger partial charge in [-0.15, -0.1) is 11.3 Å². The van der Waals surface area contributed by atoms with Crippen LogP contribution in [0.1, 0.15) is 11.1 Å². The Morgan fingerprint density at radius 2 is 2.12 bits per heavy atom. The van der Waals surface area contributed by atoms with E-state index in [9.17, 15) is 0 Å². The van der Waals surface area contributed by atoms with Crippen LogP contribution in [0.5, 0.6) is 0 Å². The number of thiophene rings is 1. The van der Waals surface area contributed by atoms with Gasteiger partial charge in [0.25, 0.3) is 0 Å². The molecule has 2 rings (SSSR count). The molecule has 0 radical (unpaired) electrons. The van der Waals surface area contributed by atoms with Gasteiger partial charge in [0, 0.05) is 24.3 Å². The summed E-state index contributed by atoms with van der Waals surface area (Å²) in [4.78, 5) is 6.56. The Labute approximate surface area is 122 Å². The van der Waals surface area contributed by atoms with Crippen LogP contribution < -0.4 is 4.90 Å². The van der Waals surface area contributed by atoms with E-state index in [1.54, 1.807) is 11.3 Å². The maximum Gasteiger partial charge on any atom is 0.128 e. The predicted molar refractivity (Wildman–Crippen MR) is 80.8 cm³/mol. The van der Waals surface area contributed by atoms with Gasteiger partial charge in [-0.2, -0.15) is 0 Å². The zero-order valence-corrected chi connectivity index (χ0v) is 13.6. The number of pyridine rings is 1. The van der Waals surface area contributed by atoms with E-state index in [2.05, 4.69) is 73.2 Å². The van der Waals surface area contributed by atoms with Crippen LogP contribution in [0.2, 0.25) is 0 Å². The lowest BCUT2D eigenvalue weighted by molar-refractivity contribution is 0.899. The minimum absolute atomic E-state index is 0.871. The van der Waals surface area contributed by atoms with E-state index in [1.807, 2.05) is 6.20 Å². The highest BCUT2D eigenvalue weighted by molar-refractivity contribution is 9.11. The number of hydrogen-bond acceptors (Lipinski definition) is 3. The molecule has 0 saturated carbocycles. The third-order valence-corrected chi connectivity index (χ3v) is 4.85. The van der Waals surface area contributed by atoms with Crippen molar-refractivity contribution in [2.75, 3.05) is 11.9 Å². The zero-order chi connectivity index (χ0) is 12.4. The summed E-state index contributed by atoms with van der Waals surface area (Å²) in [5.74, 6) is 0.994. The van der Waals surface area contributed by atoms with Gasteiger partial charge in [-0.3, -0.25) is 0 Å². The molecule has 0 aliphatic heterocycles. The highest BCUT2D eigenvalue weighted by Crippen LogP contribution is 2.24. The van der Waals surface area contributed by atoms with Gasteiger partial charge in [0.05, 0.1) is 3.79 Å². The molecule has 2 aromatic rings. The second-order valence-corrected chi connectivity index (χ2v) is 7.05. The number of nitrogens with zero attached hydrogens (tertiary/aromatic N) is 2. The van der Waals surface area contributed by atoms with Crippen molar-refractivity contribution in [1.29, 1.82) is 0 Å². The van der Waals surface area contributed by atoms with Gasteiger partial charge >= 0.3 is 0 Å². The Balaban J connectivity index is 2.14. The molecule has 0 aromatic carbocycles. The second-order valence-electron chi connectivity index (χ2n) is 3.91. The van der Waals surface area contributed by atoms with Gasteiger partial charge in [-0.1, -0.05) is 0 Å². The molecule has 90 valence electrons. The molecule has 0 aliphatic carbocycles. The largest absolute Gasteiger partial charge is 0.355 e. The van der Waals surface area contributed by atoms with Gasteiger partial charge in [0.15, 0.2) is 0 Å². The standard InChI is InChI=1S/C12H12Br2N2S/c1-8-3-12(15-5-10(8)13)16(2)6-9-4-11(14)17-7-9/h3-5,7H,6H2,1-2H3. The summed E-state index contributed by atoms with van der Waals surface area (Å²) in [6, 6.07) is 4.23. The number of halogens is 2. The third kappa shape index (κ3) is 3.30. The van der Waals surface area contributed by atoms with Crippen LogP contribution in [0, 0.1) is 6.92 Å². The summed E-state index contributed by atoms with van der Waals surface area (Å²) < 4.78 is 2.22. The number of aromatic nitrogens is 1. The SMILES string of the molecule is Cc1cc(N(C)Cc2csc(Br)c2)ncc1Br. The van der Waals surface area contributed by atoms with Crippen molar-refractivity contribution >= 4 is 49.0 Å². The Kier molecular flexibility index (Phi) is 4.22. The fourth-order valence-electron chi connectivity index (χ4n) is 1.52. The minimum Gasteiger partial charge on any atom is -0.355 e. The van der Waals surface area contributed by atoms with Crippen LogP contribution in [0.3, 0.4) is 0 Å². The molecule has 0 bridgehead atoms. The zero-order valence-electron chi connectivity index (χ0n) is 9.58. The molecule has 17 heavy (non-hydrogen) atoms. The fourth-order valence-corrected chi connectivity index (χ4v) is 2.93. The summed E-state index contributed by atoms with van der Waals surface area (Å²) in [6.07, 6.45) is 1.85. The van der Waals surface area contributed by atoms with Crippen molar-refractivity contribution in [2.24, 2.45) is 0 Å². The topological polar surface area (TPSA) is 16.1 Å². The maximum absolute atomic E-state index is 4.41. The van der Waals surface area contributed by atoms with Crippen LogP contribution in [0.15, 0.2) is 32.0 Å². The van der Waals surface area contributed by atoms with Crippen molar-refractivity contribution < 1.29 is 0 Å². The van der Waals surface area contributed by atoms with E-state index in [-0.39, 0.29) is 0 Å². The average Bonchev–Trinajstić information content (AvgIpc) is 2.68. The molecule has 2 heterocycles. The van der Waals surface area contributed by atoms with E-state index in [0.29, 0.717) is 0 Å². The van der Waals surface area contributed by atoms with E-state index >= 15 is 0 Å². The summed E-state index contributed by atoms with van der Waals surface area (Å²) in [6.45, 7) is 2.94. The molecule has 2 aromatic heterocycles. The minimum atomic E-state index is 0.871. The van der Waals surface area contributed by atoms with Crippen LogP contribution >= 0.6 is 43.2 Å². The lowest BCUT2D eigenvalue weighted by atomic mass is 10.2. The first kappa shape index (κ1) is 13.1. The van der Waals surface area contributed by atoms with Gasteiger partial charge < -0.3 is 4.90 Å². The molecule has 0 fully saturated rings. The molecule has 0 saturated heterocycles. The molecule has 2 nitrogen and oxygen atoms in total. The van der Waals surface area contributed by atoms with Crippen molar-refractivity contribution in [3.8, 4) is 0 Å². The quantitative estimate of drug-likeness (QED) is 0.778. The smallest absolute Gasteiger partial charge is 0.128 e. The first-order valence-electron chi connectivity index (χ1n) is 5.12. The Morgan fingerprint density at radius 1 is 1.35 bits per heavy atom. The molecule has 0 amide bonds. The molecule has 0 atom stereocenters. The monoisotopic (exact) mass is 374 g/mol. The maximum atomic E-state index is 4.41. The Bertz CT molecular complexity index is 525. The summed E-state index contributed by atoms with van der Waals surface area (Å²) in [5.41, 5.74) is 2.50. The normalized spacial score (nSPS) is 10.6. The van der Waals surface area contributed by atoms with Crippen LogP contribution in [-0.2, 0) is 6.54 Å². The van der Waals surface area contributed by atoms with Gasteiger partial charge in [0.2, 0.25) is 0 Å². The van der Waals surface area contributed by atoms with E-state index in [4.69, 9.17) is 0 Å². The van der Waals surface area contributed by atoms with Crippen LogP contribution in [-0.4, -0.2) is 12.0 Å². The third-order valence-electron chi connectivity index (χ3n) is 2.47. The molecule has 0 N–H and O–H groups in total. The molecular formula is C12H12Br2N2S. The van der Waals surface area contributed by atoms with Crippen molar-refractivity contribution in [1.82, 2.24) is 4.98 Å². The van der Waals surface area contributed by atoms with E-state index in [0.717, 1.165) is 16.8 Å². The van der Waals surface area contributed by atoms with Crippen LogP contribution in [0.25, 0.3) is 0 Å². The van der Waals surface area contributed by atoms with Gasteiger partial charge in [-0.25, -0.2) is 4.98 Å². The Morgan fingerprint density at radius 3 is 2.71 bits per heavy atom. The second kappa shape index (κ2) is 5.50. The molecule has 0 spiro atoms. The van der Waals surface area contributed by atoms with Crippen LogP contribution in [0.4, 0.5) is 5.82 Å². The number of aryl methyl sites for hydroxylation is 1. The highest BCUT2D eigenvalue weighted by atomic mass is 79.9. The molecule has 0 aliphatic rings. The fraction of sp³-hybridized carbons (Fsp3) is 0.250. The summed E-state index contributed by atoms with van der Waals surface area (Å²) in [5, 5.41) is 2.16. The van der Waals surface area contributed by atoms with E-state index in [1.165, 1.54) is 14.9 Å². The van der Waals surface area contributed by atoms with Gasteiger partial charge in [-0.05, 0) is 67.4 Å². The van der Waals surface area contributed by atoms with E-state index < -0.39 is 0 Å². The number of rotatable bonds is 3.